The summed E-state index contributed by atoms with van der Waals surface area (Å²) in [7, 11) is -2.83. The molecule has 1 aliphatic carbocycles. The van der Waals surface area contributed by atoms with Crippen LogP contribution in [0.25, 0.3) is 0 Å². The Hall–Kier alpha value is -0.230. The van der Waals surface area contributed by atoms with E-state index < -0.39 is 9.84 Å². The van der Waals surface area contributed by atoms with Crippen LogP contribution in [0.15, 0.2) is 0 Å². The van der Waals surface area contributed by atoms with E-state index in [1.165, 1.54) is 6.26 Å². The number of rotatable bonds is 7. The second-order valence-corrected chi connectivity index (χ2v) is 7.75. The molecule has 15 heavy (non-hydrogen) atoms. The first-order valence-electron chi connectivity index (χ1n) is 4.91. The van der Waals surface area contributed by atoms with Crippen LogP contribution >= 0.6 is 11.8 Å². The minimum atomic E-state index is -2.83. The molecule has 0 heterocycles. The maximum absolute atomic E-state index is 10.9. The fraction of sp³-hybridized carbons (Fsp3) is 0.889. The summed E-state index contributed by atoms with van der Waals surface area (Å²) in [5.41, 5.74) is 5.59. The first kappa shape index (κ1) is 12.8. The molecule has 4 nitrogen and oxygen atoms in total. The van der Waals surface area contributed by atoms with Crippen LogP contribution < -0.4 is 5.73 Å². The molecule has 1 aliphatic rings. The highest BCUT2D eigenvalue weighted by atomic mass is 32.2. The van der Waals surface area contributed by atoms with E-state index in [4.69, 9.17) is 11.1 Å². The van der Waals surface area contributed by atoms with Gasteiger partial charge in [-0.3, -0.25) is 5.41 Å². The Morgan fingerprint density at radius 1 is 1.53 bits per heavy atom. The van der Waals surface area contributed by atoms with Crippen molar-refractivity contribution in [2.75, 3.05) is 23.5 Å². The highest BCUT2D eigenvalue weighted by Gasteiger charge is 2.42. The molecular formula is C9H18N2O2S2. The number of amidine groups is 1. The van der Waals surface area contributed by atoms with Crippen molar-refractivity contribution >= 4 is 27.4 Å². The van der Waals surface area contributed by atoms with Gasteiger partial charge in [0.1, 0.15) is 9.84 Å². The first-order chi connectivity index (χ1) is 6.83. The van der Waals surface area contributed by atoms with Crippen LogP contribution in [0.5, 0.6) is 0 Å². The van der Waals surface area contributed by atoms with Crippen molar-refractivity contribution in [2.45, 2.75) is 19.3 Å². The van der Waals surface area contributed by atoms with E-state index in [0.717, 1.165) is 18.6 Å². The number of hydrogen-bond donors (Lipinski definition) is 2. The first-order valence-corrected chi connectivity index (χ1v) is 8.13. The summed E-state index contributed by atoms with van der Waals surface area (Å²) in [6.07, 6.45) is 4.17. The number of nitrogens with one attached hydrogen (secondary N) is 1. The zero-order valence-electron chi connectivity index (χ0n) is 8.95. The predicted octanol–water partition coefficient (Wildman–Crippen LogP) is 0.870. The topological polar surface area (TPSA) is 84.0 Å². The van der Waals surface area contributed by atoms with Gasteiger partial charge in [-0.25, -0.2) is 8.42 Å². The average Bonchev–Trinajstić information content (AvgIpc) is 2.76. The van der Waals surface area contributed by atoms with Crippen molar-refractivity contribution in [2.24, 2.45) is 11.1 Å². The highest BCUT2D eigenvalue weighted by molar-refractivity contribution is 8.00. The van der Waals surface area contributed by atoms with Crippen LogP contribution in [-0.4, -0.2) is 37.8 Å². The second kappa shape index (κ2) is 4.74. The lowest BCUT2D eigenvalue weighted by Crippen LogP contribution is -2.18. The Labute approximate surface area is 95.4 Å². The molecule has 0 aliphatic heterocycles. The Morgan fingerprint density at radius 2 is 2.13 bits per heavy atom. The third-order valence-electron chi connectivity index (χ3n) is 2.53. The minimum Gasteiger partial charge on any atom is -0.388 e. The van der Waals surface area contributed by atoms with Gasteiger partial charge >= 0.3 is 0 Å². The van der Waals surface area contributed by atoms with Crippen LogP contribution in [0, 0.1) is 10.8 Å². The molecule has 6 heteroatoms. The van der Waals surface area contributed by atoms with Crippen molar-refractivity contribution in [3.8, 4) is 0 Å². The van der Waals surface area contributed by atoms with E-state index in [-0.39, 0.29) is 17.0 Å². The van der Waals surface area contributed by atoms with E-state index in [1.54, 1.807) is 11.8 Å². The third-order valence-corrected chi connectivity index (χ3v) is 5.04. The Bertz CT molecular complexity index is 334. The molecule has 1 saturated carbocycles. The van der Waals surface area contributed by atoms with E-state index in [1.807, 2.05) is 0 Å². The Morgan fingerprint density at radius 3 is 2.53 bits per heavy atom. The van der Waals surface area contributed by atoms with E-state index in [2.05, 4.69) is 0 Å². The SMILES string of the molecule is CS(=O)(=O)CCSCC1(CC(=N)N)CC1. The second-order valence-electron chi connectivity index (χ2n) is 4.38. The van der Waals surface area contributed by atoms with Crippen LogP contribution in [0.4, 0.5) is 0 Å². The molecule has 0 spiro atoms. The van der Waals surface area contributed by atoms with Crippen LogP contribution in [0.2, 0.25) is 0 Å². The number of thioether (sulfide) groups is 1. The van der Waals surface area contributed by atoms with Gasteiger partial charge in [0.05, 0.1) is 11.6 Å². The van der Waals surface area contributed by atoms with Crippen LogP contribution in [-0.2, 0) is 9.84 Å². The molecule has 1 fully saturated rings. The van der Waals surface area contributed by atoms with Crippen LogP contribution in [0.1, 0.15) is 19.3 Å². The lowest BCUT2D eigenvalue weighted by Gasteiger charge is -2.12. The van der Waals surface area contributed by atoms with Gasteiger partial charge in [-0.15, -0.1) is 0 Å². The van der Waals surface area contributed by atoms with Gasteiger partial charge in [0, 0.05) is 18.4 Å². The number of sulfone groups is 1. The molecule has 0 amide bonds. The summed E-state index contributed by atoms with van der Waals surface area (Å²) in [5.74, 6) is 2.07. The van der Waals surface area contributed by atoms with E-state index in [9.17, 15) is 8.42 Å². The molecule has 0 aromatic heterocycles. The fourth-order valence-electron chi connectivity index (χ4n) is 1.45. The maximum Gasteiger partial charge on any atom is 0.148 e. The molecule has 3 N–H and O–H groups in total. The molecule has 0 aromatic carbocycles. The zero-order chi connectivity index (χ0) is 11.5. The zero-order valence-corrected chi connectivity index (χ0v) is 10.6. The summed E-state index contributed by atoms with van der Waals surface area (Å²) in [5, 5.41) is 7.24. The van der Waals surface area contributed by atoms with Crippen molar-refractivity contribution in [3.63, 3.8) is 0 Å². The molecule has 88 valence electrons. The molecule has 1 rings (SSSR count). The van der Waals surface area contributed by atoms with E-state index >= 15 is 0 Å². The van der Waals surface area contributed by atoms with Crippen molar-refractivity contribution < 1.29 is 8.42 Å². The van der Waals surface area contributed by atoms with Crippen molar-refractivity contribution in [3.05, 3.63) is 0 Å². The van der Waals surface area contributed by atoms with E-state index in [0.29, 0.717) is 12.2 Å². The standard InChI is InChI=1S/C9H18N2O2S2/c1-15(12,13)5-4-14-7-9(2-3-9)6-8(10)11/h2-7H2,1H3,(H3,10,11). The molecule has 0 atom stereocenters. The van der Waals surface area contributed by atoms with Crippen molar-refractivity contribution in [1.29, 1.82) is 5.41 Å². The summed E-state index contributed by atoms with van der Waals surface area (Å²) >= 11 is 1.66. The lowest BCUT2D eigenvalue weighted by molar-refractivity contribution is 0.602. The Kier molecular flexibility index (Phi) is 4.06. The number of hydrogen-bond acceptors (Lipinski definition) is 4. The summed E-state index contributed by atoms with van der Waals surface area (Å²) in [4.78, 5) is 0. The summed E-state index contributed by atoms with van der Waals surface area (Å²) in [6.45, 7) is 0. The van der Waals surface area contributed by atoms with Gasteiger partial charge in [-0.2, -0.15) is 11.8 Å². The van der Waals surface area contributed by atoms with Gasteiger partial charge in [-0.05, 0) is 24.0 Å². The largest absolute Gasteiger partial charge is 0.388 e. The normalized spacial score (nSPS) is 18.7. The quantitative estimate of drug-likeness (QED) is 0.399. The molecule has 0 saturated heterocycles. The van der Waals surface area contributed by atoms with Gasteiger partial charge in [0.25, 0.3) is 0 Å². The minimum absolute atomic E-state index is 0.216. The van der Waals surface area contributed by atoms with Gasteiger partial charge in [0.2, 0.25) is 0 Å². The number of nitrogens with two attached hydrogens (primary N) is 1. The molecular weight excluding hydrogens is 232 g/mol. The van der Waals surface area contributed by atoms with Crippen LogP contribution in [0.3, 0.4) is 0 Å². The van der Waals surface area contributed by atoms with Gasteiger partial charge in [0.15, 0.2) is 0 Å². The van der Waals surface area contributed by atoms with Gasteiger partial charge < -0.3 is 5.73 Å². The average molecular weight is 250 g/mol. The predicted molar refractivity (Wildman–Crippen MR) is 65.2 cm³/mol. The molecule has 0 bridgehead atoms. The molecule has 0 radical (unpaired) electrons. The summed E-state index contributed by atoms with van der Waals surface area (Å²) < 4.78 is 21.8. The van der Waals surface area contributed by atoms with Crippen molar-refractivity contribution in [1.82, 2.24) is 0 Å². The maximum atomic E-state index is 10.9. The fourth-order valence-corrected chi connectivity index (χ4v) is 4.10. The molecule has 0 aromatic rings. The van der Waals surface area contributed by atoms with Gasteiger partial charge in [-0.1, -0.05) is 0 Å². The summed E-state index contributed by atoms with van der Waals surface area (Å²) in [6, 6.07) is 0. The smallest absolute Gasteiger partial charge is 0.148 e. The molecule has 0 unspecified atom stereocenters. The Balaban J connectivity index is 2.18. The lowest BCUT2D eigenvalue weighted by atomic mass is 10.1. The highest BCUT2D eigenvalue weighted by Crippen LogP contribution is 2.50. The third kappa shape index (κ3) is 5.41. The monoisotopic (exact) mass is 250 g/mol.